The Morgan fingerprint density at radius 3 is 2.70 bits per heavy atom. The van der Waals surface area contributed by atoms with Crippen molar-refractivity contribution < 1.29 is 18.3 Å². The molecule has 4 heterocycles. The number of carbonyl (C=O) groups excluding carboxylic acids is 1. The Kier molecular flexibility index (Phi) is 5.81. The second kappa shape index (κ2) is 8.82. The molecule has 3 aliphatic rings. The van der Waals surface area contributed by atoms with Gasteiger partial charge in [-0.25, -0.2) is 13.8 Å². The van der Waals surface area contributed by atoms with Gasteiger partial charge in [-0.05, 0) is 41.8 Å². The summed E-state index contributed by atoms with van der Waals surface area (Å²) in [7, 11) is 1.91. The summed E-state index contributed by atoms with van der Waals surface area (Å²) in [5.74, 6) is -2.05. The molecule has 1 aliphatic carbocycles. The number of alkyl halides is 2. The van der Waals surface area contributed by atoms with Crippen LogP contribution in [0.2, 0.25) is 5.15 Å². The van der Waals surface area contributed by atoms with E-state index >= 15 is 0 Å². The van der Waals surface area contributed by atoms with Gasteiger partial charge in [0.2, 0.25) is 0 Å². The fourth-order valence-electron chi connectivity index (χ4n) is 5.12. The number of rotatable bonds is 8. The molecule has 37 heavy (non-hydrogen) atoms. The Balaban J connectivity index is 1.22. The van der Waals surface area contributed by atoms with E-state index in [4.69, 9.17) is 16.3 Å². The quantitative estimate of drug-likeness (QED) is 0.447. The molecule has 1 amide bonds. The van der Waals surface area contributed by atoms with Crippen LogP contribution in [0.25, 0.3) is 0 Å². The lowest BCUT2D eigenvalue weighted by molar-refractivity contribution is -0.0611. The van der Waals surface area contributed by atoms with Gasteiger partial charge in [-0.3, -0.25) is 9.69 Å². The molecule has 1 aromatic carbocycles. The lowest BCUT2D eigenvalue weighted by atomic mass is 9.75. The van der Waals surface area contributed by atoms with Crippen LogP contribution in [0.3, 0.4) is 0 Å². The van der Waals surface area contributed by atoms with Crippen LogP contribution in [-0.2, 0) is 30.2 Å². The Morgan fingerprint density at radius 2 is 2.05 bits per heavy atom. The number of fused-ring (bicyclic) bond motifs is 1. The predicted octanol–water partition coefficient (Wildman–Crippen LogP) is 3.84. The third kappa shape index (κ3) is 4.41. The van der Waals surface area contributed by atoms with Gasteiger partial charge in [-0.1, -0.05) is 23.7 Å². The van der Waals surface area contributed by atoms with Crippen LogP contribution in [0.5, 0.6) is 0 Å². The molecule has 3 aromatic rings. The van der Waals surface area contributed by atoms with Crippen LogP contribution in [0.1, 0.15) is 52.3 Å². The number of pyridine rings is 1. The average Bonchev–Trinajstić information content (AvgIpc) is 3.11. The van der Waals surface area contributed by atoms with Crippen LogP contribution in [-0.4, -0.2) is 51.3 Å². The molecule has 1 N–H and O–H groups in total. The van der Waals surface area contributed by atoms with E-state index in [9.17, 15) is 13.6 Å². The molecule has 2 fully saturated rings. The number of amides is 1. The summed E-state index contributed by atoms with van der Waals surface area (Å²) in [6.07, 6.45) is 2.26. The number of nitrogens with zero attached hydrogens (tertiary/aromatic N) is 5. The van der Waals surface area contributed by atoms with E-state index in [-0.39, 0.29) is 35.5 Å². The minimum Gasteiger partial charge on any atom is -0.379 e. The van der Waals surface area contributed by atoms with Gasteiger partial charge in [-0.2, -0.15) is 0 Å². The molecule has 6 rings (SSSR count). The van der Waals surface area contributed by atoms with Crippen molar-refractivity contribution in [1.82, 2.24) is 25.1 Å². The number of hydrogen-bond acceptors (Lipinski definition) is 6. The van der Waals surface area contributed by atoms with Crippen LogP contribution in [0.4, 0.5) is 14.6 Å². The SMILES string of the molecule is CC(NCC1CC1(F)F)c1cc(Cl)nc(N2Cc3ccc(C4(Cc5nncn5C)COC4)cc3C2=O)c1. The second-order valence-electron chi connectivity index (χ2n) is 10.4. The van der Waals surface area contributed by atoms with Gasteiger partial charge in [0.15, 0.2) is 0 Å². The largest absolute Gasteiger partial charge is 0.379 e. The van der Waals surface area contributed by atoms with Crippen LogP contribution in [0, 0.1) is 5.92 Å². The summed E-state index contributed by atoms with van der Waals surface area (Å²) in [6.45, 7) is 3.59. The van der Waals surface area contributed by atoms with Crippen molar-refractivity contribution in [2.45, 2.75) is 43.7 Å². The number of aromatic nitrogens is 4. The third-order valence-electron chi connectivity index (χ3n) is 7.79. The van der Waals surface area contributed by atoms with Crippen molar-refractivity contribution in [3.63, 3.8) is 0 Å². The fourth-order valence-corrected chi connectivity index (χ4v) is 5.34. The van der Waals surface area contributed by atoms with Crippen molar-refractivity contribution in [3.05, 3.63) is 69.9 Å². The lowest BCUT2D eigenvalue weighted by Gasteiger charge is -2.41. The van der Waals surface area contributed by atoms with Gasteiger partial charge in [0.05, 0.1) is 19.8 Å². The summed E-state index contributed by atoms with van der Waals surface area (Å²) in [5, 5.41) is 11.6. The standard InChI is InChI=1S/C26H27ClF2N6O2/c1-15(30-10-19-8-26(19,28)29)17-5-21(27)32-22(6-17)35-11-16-3-4-18(7-20(16)24(35)36)25(12-37-13-25)9-23-33-31-14-34(23)2/h3-7,14-15,19,30H,8-13H2,1-2H3. The maximum absolute atomic E-state index is 13.5. The molecule has 2 aliphatic heterocycles. The van der Waals surface area contributed by atoms with Gasteiger partial charge < -0.3 is 14.6 Å². The predicted molar refractivity (Wildman–Crippen MR) is 133 cm³/mol. The molecule has 2 atom stereocenters. The molecule has 2 aromatic heterocycles. The number of benzene rings is 1. The molecular weight excluding hydrogens is 502 g/mol. The highest BCUT2D eigenvalue weighted by Crippen LogP contribution is 2.48. The van der Waals surface area contributed by atoms with Gasteiger partial charge >= 0.3 is 0 Å². The van der Waals surface area contributed by atoms with Gasteiger partial charge in [0.25, 0.3) is 11.8 Å². The first-order valence-electron chi connectivity index (χ1n) is 12.3. The topological polar surface area (TPSA) is 85.2 Å². The number of nitrogens with one attached hydrogen (secondary N) is 1. The highest BCUT2D eigenvalue weighted by atomic mass is 35.5. The van der Waals surface area contributed by atoms with E-state index in [0.717, 1.165) is 22.5 Å². The van der Waals surface area contributed by atoms with Crippen LogP contribution in [0.15, 0.2) is 36.7 Å². The number of ether oxygens (including phenoxy) is 1. The van der Waals surface area contributed by atoms with Gasteiger partial charge in [0, 0.05) is 49.4 Å². The number of carbonyl (C=O) groups is 1. The molecule has 0 bridgehead atoms. The number of aryl methyl sites for hydroxylation is 1. The average molecular weight is 529 g/mol. The number of hydrogen-bond donors (Lipinski definition) is 1. The molecule has 8 nitrogen and oxygen atoms in total. The monoisotopic (exact) mass is 528 g/mol. The second-order valence-corrected chi connectivity index (χ2v) is 10.8. The highest BCUT2D eigenvalue weighted by molar-refractivity contribution is 6.29. The Labute approximate surface area is 218 Å². The number of anilines is 1. The normalized spacial score (nSPS) is 22.0. The maximum atomic E-state index is 13.5. The fraction of sp³-hybridized carbons (Fsp3) is 0.462. The highest BCUT2D eigenvalue weighted by Gasteiger charge is 2.56. The summed E-state index contributed by atoms with van der Waals surface area (Å²) < 4.78 is 34.0. The van der Waals surface area contributed by atoms with Gasteiger partial charge in [-0.15, -0.1) is 10.2 Å². The zero-order chi connectivity index (χ0) is 25.9. The zero-order valence-electron chi connectivity index (χ0n) is 20.5. The lowest BCUT2D eigenvalue weighted by Crippen LogP contribution is -2.49. The Bertz CT molecular complexity index is 1370. The molecule has 11 heteroatoms. The summed E-state index contributed by atoms with van der Waals surface area (Å²) in [4.78, 5) is 19.5. The van der Waals surface area contributed by atoms with Crippen molar-refractivity contribution in [1.29, 1.82) is 0 Å². The summed E-state index contributed by atoms with van der Waals surface area (Å²) in [5.41, 5.74) is 3.10. The maximum Gasteiger partial charge on any atom is 0.260 e. The molecule has 0 radical (unpaired) electrons. The Morgan fingerprint density at radius 1 is 1.27 bits per heavy atom. The van der Waals surface area contributed by atoms with Crippen LogP contribution >= 0.6 is 11.6 Å². The van der Waals surface area contributed by atoms with E-state index in [1.165, 1.54) is 0 Å². The molecule has 0 spiro atoms. The minimum atomic E-state index is -2.57. The first-order valence-corrected chi connectivity index (χ1v) is 12.7. The molecule has 194 valence electrons. The van der Waals surface area contributed by atoms with E-state index in [2.05, 4.69) is 26.6 Å². The van der Waals surface area contributed by atoms with Crippen molar-refractivity contribution in [3.8, 4) is 0 Å². The van der Waals surface area contributed by atoms with E-state index in [0.29, 0.717) is 37.6 Å². The van der Waals surface area contributed by atoms with Gasteiger partial charge in [0.1, 0.15) is 23.1 Å². The van der Waals surface area contributed by atoms with Crippen molar-refractivity contribution in [2.24, 2.45) is 13.0 Å². The van der Waals surface area contributed by atoms with E-state index in [1.54, 1.807) is 23.4 Å². The minimum absolute atomic E-state index is 0.0798. The smallest absolute Gasteiger partial charge is 0.260 e. The van der Waals surface area contributed by atoms with Crippen molar-refractivity contribution in [2.75, 3.05) is 24.7 Å². The molecule has 1 saturated heterocycles. The molecular formula is C26H27ClF2N6O2. The number of halogens is 3. The van der Waals surface area contributed by atoms with Crippen molar-refractivity contribution >= 4 is 23.3 Å². The van der Waals surface area contributed by atoms with Crippen LogP contribution < -0.4 is 10.2 Å². The summed E-state index contributed by atoms with van der Waals surface area (Å²) >= 11 is 6.32. The Hall–Kier alpha value is -2.95. The summed E-state index contributed by atoms with van der Waals surface area (Å²) in [6, 6.07) is 9.29. The molecule has 2 unspecified atom stereocenters. The van der Waals surface area contributed by atoms with E-state index in [1.807, 2.05) is 30.7 Å². The first-order chi connectivity index (χ1) is 17.6. The third-order valence-corrected chi connectivity index (χ3v) is 7.98. The molecule has 1 saturated carbocycles. The van der Waals surface area contributed by atoms with E-state index < -0.39 is 11.8 Å². The first kappa shape index (κ1) is 24.4. The zero-order valence-corrected chi connectivity index (χ0v) is 21.3.